The molecule has 2 rings (SSSR count). The monoisotopic (exact) mass is 304 g/mol. The van der Waals surface area contributed by atoms with E-state index in [-0.39, 0.29) is 18.5 Å². The zero-order chi connectivity index (χ0) is 15.9. The van der Waals surface area contributed by atoms with Crippen LogP contribution in [0.2, 0.25) is 0 Å². The van der Waals surface area contributed by atoms with E-state index >= 15 is 0 Å². The van der Waals surface area contributed by atoms with Crippen LogP contribution in [-0.4, -0.2) is 25.1 Å². The normalized spacial score (nSPS) is 30.5. The Balaban J connectivity index is 1.86. The van der Waals surface area contributed by atoms with E-state index in [1.807, 2.05) is 38.1 Å². The first-order chi connectivity index (χ1) is 10.6. The van der Waals surface area contributed by atoms with Crippen LogP contribution in [0.25, 0.3) is 0 Å². The Labute approximate surface area is 134 Å². The van der Waals surface area contributed by atoms with E-state index < -0.39 is 0 Å². The largest absolute Gasteiger partial charge is 0.376 e. The van der Waals surface area contributed by atoms with Gasteiger partial charge in [-0.05, 0) is 19.4 Å². The first-order valence-electron chi connectivity index (χ1n) is 8.17. The molecule has 122 valence electrons. The van der Waals surface area contributed by atoms with Gasteiger partial charge in [0, 0.05) is 11.8 Å². The summed E-state index contributed by atoms with van der Waals surface area (Å²) in [4.78, 5) is 0. The van der Waals surface area contributed by atoms with Crippen molar-refractivity contribution in [3.63, 3.8) is 0 Å². The molecule has 0 saturated carbocycles. The Morgan fingerprint density at radius 3 is 2.59 bits per heavy atom. The van der Waals surface area contributed by atoms with Crippen LogP contribution < -0.4 is 0 Å². The smallest absolute Gasteiger partial charge is 0.156 e. The lowest BCUT2D eigenvalue weighted by Crippen LogP contribution is -2.47. The summed E-state index contributed by atoms with van der Waals surface area (Å²) in [6.45, 7) is 9.71. The molecule has 0 amide bonds. The molecule has 5 atom stereocenters. The number of benzene rings is 1. The highest BCUT2D eigenvalue weighted by Gasteiger charge is 2.36. The van der Waals surface area contributed by atoms with Crippen molar-refractivity contribution >= 4 is 0 Å². The molecule has 1 aliphatic rings. The zero-order valence-electron chi connectivity index (χ0n) is 14.1. The lowest BCUT2D eigenvalue weighted by atomic mass is 9.88. The molecule has 1 aromatic carbocycles. The summed E-state index contributed by atoms with van der Waals surface area (Å²) in [5, 5.41) is 0. The van der Waals surface area contributed by atoms with Gasteiger partial charge in [-0.3, -0.25) is 0 Å². The number of ether oxygens (including phenoxy) is 3. The molecule has 1 aliphatic heterocycles. The average molecular weight is 304 g/mol. The highest BCUT2D eigenvalue weighted by molar-refractivity contribution is 5.13. The SMILES string of the molecule is C/C=C/[C@@H]1OC(C)O[C@@H]([C@@H](C)COCc2ccccc2)[C@H]1C. The fourth-order valence-corrected chi connectivity index (χ4v) is 3.00. The van der Waals surface area contributed by atoms with Crippen LogP contribution >= 0.6 is 0 Å². The topological polar surface area (TPSA) is 27.7 Å². The predicted octanol–water partition coefficient (Wildman–Crippen LogP) is 4.18. The minimum atomic E-state index is -0.168. The van der Waals surface area contributed by atoms with E-state index in [0.717, 1.165) is 0 Å². The Kier molecular flexibility index (Phi) is 6.62. The number of hydrogen-bond acceptors (Lipinski definition) is 3. The van der Waals surface area contributed by atoms with Gasteiger partial charge in [-0.25, -0.2) is 0 Å². The van der Waals surface area contributed by atoms with E-state index in [4.69, 9.17) is 14.2 Å². The number of allylic oxidation sites excluding steroid dienone is 1. The Hall–Kier alpha value is -1.16. The van der Waals surface area contributed by atoms with Crippen LogP contribution in [-0.2, 0) is 20.8 Å². The Bertz CT molecular complexity index is 457. The minimum Gasteiger partial charge on any atom is -0.376 e. The van der Waals surface area contributed by atoms with Crippen LogP contribution in [0, 0.1) is 11.8 Å². The molecule has 0 N–H and O–H groups in total. The zero-order valence-corrected chi connectivity index (χ0v) is 14.1. The lowest BCUT2D eigenvalue weighted by molar-refractivity contribution is -0.259. The highest BCUT2D eigenvalue weighted by atomic mass is 16.7. The molecule has 3 heteroatoms. The summed E-state index contributed by atoms with van der Waals surface area (Å²) in [6, 6.07) is 10.3. The molecule has 1 saturated heterocycles. The van der Waals surface area contributed by atoms with Gasteiger partial charge >= 0.3 is 0 Å². The summed E-state index contributed by atoms with van der Waals surface area (Å²) < 4.78 is 17.7. The molecule has 0 radical (unpaired) electrons. The van der Waals surface area contributed by atoms with Gasteiger partial charge in [0.05, 0.1) is 25.4 Å². The standard InChI is InChI=1S/C19H28O3/c1-5-9-18-15(3)19(22-16(4)21-18)14(2)12-20-13-17-10-7-6-8-11-17/h5-11,14-16,18-19H,12-13H2,1-4H3/b9-5+/t14-,15-,16?,18-,19-/m0/s1. The van der Waals surface area contributed by atoms with Crippen LogP contribution in [0.5, 0.6) is 0 Å². The van der Waals surface area contributed by atoms with E-state index in [0.29, 0.717) is 25.0 Å². The second-order valence-electron chi connectivity index (χ2n) is 6.13. The second-order valence-corrected chi connectivity index (χ2v) is 6.13. The van der Waals surface area contributed by atoms with Crippen LogP contribution in [0.4, 0.5) is 0 Å². The van der Waals surface area contributed by atoms with Gasteiger partial charge in [0.15, 0.2) is 6.29 Å². The molecule has 0 aromatic heterocycles. The van der Waals surface area contributed by atoms with Crippen molar-refractivity contribution in [3.05, 3.63) is 48.0 Å². The van der Waals surface area contributed by atoms with E-state index in [9.17, 15) is 0 Å². The van der Waals surface area contributed by atoms with E-state index in [1.54, 1.807) is 0 Å². The average Bonchev–Trinajstić information content (AvgIpc) is 2.51. The van der Waals surface area contributed by atoms with Crippen molar-refractivity contribution in [2.24, 2.45) is 11.8 Å². The molecule has 3 nitrogen and oxygen atoms in total. The summed E-state index contributed by atoms with van der Waals surface area (Å²) in [7, 11) is 0. The van der Waals surface area contributed by atoms with Gasteiger partial charge < -0.3 is 14.2 Å². The van der Waals surface area contributed by atoms with Gasteiger partial charge in [0.1, 0.15) is 0 Å². The van der Waals surface area contributed by atoms with Gasteiger partial charge in [0.2, 0.25) is 0 Å². The number of rotatable bonds is 6. The summed E-state index contributed by atoms with van der Waals surface area (Å²) in [5.41, 5.74) is 1.20. The minimum absolute atomic E-state index is 0.121. The van der Waals surface area contributed by atoms with Crippen molar-refractivity contribution in [1.82, 2.24) is 0 Å². The van der Waals surface area contributed by atoms with Crippen molar-refractivity contribution in [1.29, 1.82) is 0 Å². The van der Waals surface area contributed by atoms with Crippen molar-refractivity contribution in [2.45, 2.75) is 52.8 Å². The van der Waals surface area contributed by atoms with Gasteiger partial charge in [0.25, 0.3) is 0 Å². The first kappa shape index (κ1) is 17.2. The molecule has 0 aliphatic carbocycles. The first-order valence-corrected chi connectivity index (χ1v) is 8.17. The molecule has 0 spiro atoms. The van der Waals surface area contributed by atoms with E-state index in [1.165, 1.54) is 5.56 Å². The maximum absolute atomic E-state index is 6.00. The predicted molar refractivity (Wildman–Crippen MR) is 88.4 cm³/mol. The van der Waals surface area contributed by atoms with Crippen molar-refractivity contribution < 1.29 is 14.2 Å². The van der Waals surface area contributed by atoms with Gasteiger partial charge in [-0.1, -0.05) is 56.3 Å². The fraction of sp³-hybridized carbons (Fsp3) is 0.579. The quantitative estimate of drug-likeness (QED) is 0.738. The summed E-state index contributed by atoms with van der Waals surface area (Å²) >= 11 is 0. The van der Waals surface area contributed by atoms with Crippen molar-refractivity contribution in [3.8, 4) is 0 Å². The molecule has 1 fully saturated rings. The molecule has 0 bridgehead atoms. The highest BCUT2D eigenvalue weighted by Crippen LogP contribution is 2.30. The molecule has 22 heavy (non-hydrogen) atoms. The van der Waals surface area contributed by atoms with Crippen LogP contribution in [0.15, 0.2) is 42.5 Å². The van der Waals surface area contributed by atoms with Crippen molar-refractivity contribution in [2.75, 3.05) is 6.61 Å². The fourth-order valence-electron chi connectivity index (χ4n) is 3.00. The third kappa shape index (κ3) is 4.67. The molecule has 1 aromatic rings. The molecule has 1 heterocycles. The summed E-state index contributed by atoms with van der Waals surface area (Å²) in [6.07, 6.45) is 4.27. The Morgan fingerprint density at radius 1 is 1.18 bits per heavy atom. The van der Waals surface area contributed by atoms with Crippen LogP contribution in [0.1, 0.15) is 33.3 Å². The maximum atomic E-state index is 6.00. The second kappa shape index (κ2) is 8.47. The van der Waals surface area contributed by atoms with Crippen LogP contribution in [0.3, 0.4) is 0 Å². The molecular formula is C19H28O3. The number of hydrogen-bond donors (Lipinski definition) is 0. The summed E-state index contributed by atoms with van der Waals surface area (Å²) in [5.74, 6) is 0.653. The maximum Gasteiger partial charge on any atom is 0.156 e. The third-order valence-corrected chi connectivity index (χ3v) is 4.17. The lowest BCUT2D eigenvalue weighted by Gasteiger charge is -2.41. The Morgan fingerprint density at radius 2 is 1.91 bits per heavy atom. The van der Waals surface area contributed by atoms with E-state index in [2.05, 4.69) is 32.1 Å². The van der Waals surface area contributed by atoms with Gasteiger partial charge in [-0.2, -0.15) is 0 Å². The van der Waals surface area contributed by atoms with Gasteiger partial charge in [-0.15, -0.1) is 0 Å². The molecule has 1 unspecified atom stereocenters. The molecular weight excluding hydrogens is 276 g/mol. The third-order valence-electron chi connectivity index (χ3n) is 4.17.